The number of anilines is 2. The molecule has 0 radical (unpaired) electrons. The zero-order valence-electron chi connectivity index (χ0n) is 21.3. The molecule has 0 aliphatic carbocycles. The van der Waals surface area contributed by atoms with Crippen molar-refractivity contribution in [3.05, 3.63) is 30.6 Å². The molecule has 188 valence electrons. The van der Waals surface area contributed by atoms with Crippen molar-refractivity contribution in [2.45, 2.75) is 64.1 Å². The van der Waals surface area contributed by atoms with Gasteiger partial charge in [0.25, 0.3) is 0 Å². The van der Waals surface area contributed by atoms with E-state index in [9.17, 15) is 0 Å². The van der Waals surface area contributed by atoms with Crippen LogP contribution in [0.15, 0.2) is 30.6 Å². The first-order valence-electron chi connectivity index (χ1n) is 13.0. The van der Waals surface area contributed by atoms with Gasteiger partial charge in [-0.05, 0) is 43.9 Å². The highest BCUT2D eigenvalue weighted by Crippen LogP contribution is 2.30. The molecule has 2 fully saturated rings. The van der Waals surface area contributed by atoms with E-state index in [-0.39, 0.29) is 0 Å². The van der Waals surface area contributed by atoms with Gasteiger partial charge in [0, 0.05) is 70.9 Å². The SMILES string of the molecule is C[Si](C)(C)CCOCn1c(-c2ccnc(N3CCCC3)n2)cc2cnc(NC3CCOCC3)cc21. The predicted octanol–water partition coefficient (Wildman–Crippen LogP) is 5.00. The van der Waals surface area contributed by atoms with Crippen LogP contribution >= 0.6 is 0 Å². The zero-order valence-corrected chi connectivity index (χ0v) is 22.3. The van der Waals surface area contributed by atoms with Crippen molar-refractivity contribution in [2.75, 3.05) is 43.1 Å². The van der Waals surface area contributed by atoms with Crippen LogP contribution in [0.2, 0.25) is 25.7 Å². The van der Waals surface area contributed by atoms with Crippen LogP contribution in [0.25, 0.3) is 22.3 Å². The van der Waals surface area contributed by atoms with Gasteiger partial charge in [-0.2, -0.15) is 0 Å². The Balaban J connectivity index is 1.46. The predicted molar refractivity (Wildman–Crippen MR) is 144 cm³/mol. The molecule has 3 aromatic rings. The largest absolute Gasteiger partial charge is 0.381 e. The maximum atomic E-state index is 6.23. The van der Waals surface area contributed by atoms with E-state index in [0.29, 0.717) is 12.8 Å². The third kappa shape index (κ3) is 6.02. The number of pyridine rings is 1. The summed E-state index contributed by atoms with van der Waals surface area (Å²) in [6.07, 6.45) is 8.25. The molecule has 2 aliphatic heterocycles. The highest BCUT2D eigenvalue weighted by Gasteiger charge is 2.20. The molecule has 0 bridgehead atoms. The van der Waals surface area contributed by atoms with Crippen LogP contribution in [0.5, 0.6) is 0 Å². The molecule has 1 N–H and O–H groups in total. The summed E-state index contributed by atoms with van der Waals surface area (Å²) in [6, 6.07) is 7.87. The molecule has 35 heavy (non-hydrogen) atoms. The Morgan fingerprint density at radius 2 is 1.91 bits per heavy atom. The molecule has 0 spiro atoms. The molecule has 2 saturated heterocycles. The average molecular weight is 495 g/mol. The molecule has 5 rings (SSSR count). The molecule has 9 heteroatoms. The first kappa shape index (κ1) is 24.2. The van der Waals surface area contributed by atoms with Gasteiger partial charge >= 0.3 is 0 Å². The molecule has 8 nitrogen and oxygen atoms in total. The highest BCUT2D eigenvalue weighted by molar-refractivity contribution is 6.76. The number of nitrogens with one attached hydrogen (secondary N) is 1. The van der Waals surface area contributed by atoms with Crippen LogP contribution in [0.1, 0.15) is 25.7 Å². The van der Waals surface area contributed by atoms with E-state index in [0.717, 1.165) is 85.9 Å². The Labute approximate surface area is 209 Å². The smallest absolute Gasteiger partial charge is 0.225 e. The summed E-state index contributed by atoms with van der Waals surface area (Å²) >= 11 is 0. The summed E-state index contributed by atoms with van der Waals surface area (Å²) in [5.41, 5.74) is 3.07. The molecular weight excluding hydrogens is 456 g/mol. The lowest BCUT2D eigenvalue weighted by molar-refractivity contribution is 0.0903. The fraction of sp³-hybridized carbons (Fsp3) is 0.577. The van der Waals surface area contributed by atoms with Gasteiger partial charge in [-0.1, -0.05) is 19.6 Å². The maximum Gasteiger partial charge on any atom is 0.225 e. The van der Waals surface area contributed by atoms with Crippen LogP contribution < -0.4 is 10.2 Å². The van der Waals surface area contributed by atoms with Gasteiger partial charge < -0.3 is 24.3 Å². The summed E-state index contributed by atoms with van der Waals surface area (Å²) in [6.45, 7) is 12.1. The van der Waals surface area contributed by atoms with Crippen molar-refractivity contribution >= 4 is 30.7 Å². The fourth-order valence-corrected chi connectivity index (χ4v) is 5.49. The standard InChI is InChI=1S/C26H38N6O2Si/c1-35(2,3)15-14-34-19-32-23-17-25(29-21-7-12-33-13-8-21)28-18-20(23)16-24(32)22-6-9-27-26(30-22)31-10-4-5-11-31/h6,9,16-18,21H,4-5,7-8,10-15,19H2,1-3H3,(H,28,29). The number of fused-ring (bicyclic) bond motifs is 1. The van der Waals surface area contributed by atoms with Gasteiger partial charge in [-0.25, -0.2) is 15.0 Å². The number of aromatic nitrogens is 4. The van der Waals surface area contributed by atoms with Crippen LogP contribution in [-0.4, -0.2) is 66.5 Å². The quantitative estimate of drug-likeness (QED) is 0.331. The lowest BCUT2D eigenvalue weighted by Gasteiger charge is -2.23. The maximum absolute atomic E-state index is 6.23. The van der Waals surface area contributed by atoms with Crippen LogP contribution in [0.4, 0.5) is 11.8 Å². The Morgan fingerprint density at radius 1 is 1.11 bits per heavy atom. The minimum Gasteiger partial charge on any atom is -0.381 e. The van der Waals surface area contributed by atoms with Gasteiger partial charge in [0.15, 0.2) is 0 Å². The number of hydrogen-bond acceptors (Lipinski definition) is 7. The molecule has 0 amide bonds. The Morgan fingerprint density at radius 3 is 2.69 bits per heavy atom. The monoisotopic (exact) mass is 494 g/mol. The van der Waals surface area contributed by atoms with E-state index < -0.39 is 8.07 Å². The molecule has 0 saturated carbocycles. The summed E-state index contributed by atoms with van der Waals surface area (Å²) in [7, 11) is -1.16. The number of ether oxygens (including phenoxy) is 2. The van der Waals surface area contributed by atoms with Gasteiger partial charge in [0.2, 0.25) is 5.95 Å². The van der Waals surface area contributed by atoms with E-state index in [1.165, 1.54) is 12.8 Å². The second-order valence-corrected chi connectivity index (χ2v) is 16.5. The van der Waals surface area contributed by atoms with Gasteiger partial charge in [-0.3, -0.25) is 0 Å². The van der Waals surface area contributed by atoms with Crippen molar-refractivity contribution in [1.29, 1.82) is 0 Å². The topological polar surface area (TPSA) is 77.3 Å². The lowest BCUT2D eigenvalue weighted by Crippen LogP contribution is -2.28. The molecule has 0 unspecified atom stereocenters. The number of hydrogen-bond donors (Lipinski definition) is 1. The zero-order chi connectivity index (χ0) is 24.3. The molecule has 0 aromatic carbocycles. The first-order valence-corrected chi connectivity index (χ1v) is 16.7. The van der Waals surface area contributed by atoms with Gasteiger partial charge in [0.1, 0.15) is 12.5 Å². The van der Waals surface area contributed by atoms with Gasteiger partial charge in [0.05, 0.1) is 16.9 Å². The van der Waals surface area contributed by atoms with Gasteiger partial charge in [-0.15, -0.1) is 0 Å². The van der Waals surface area contributed by atoms with Crippen LogP contribution in [0.3, 0.4) is 0 Å². The molecule has 2 aliphatic rings. The molecule has 5 heterocycles. The second kappa shape index (κ2) is 10.6. The summed E-state index contributed by atoms with van der Waals surface area (Å²) < 4.78 is 14.0. The highest BCUT2D eigenvalue weighted by atomic mass is 28.3. The molecular formula is C26H38N6O2Si. The van der Waals surface area contributed by atoms with E-state index >= 15 is 0 Å². The number of nitrogens with zero attached hydrogens (tertiary/aromatic N) is 5. The van der Waals surface area contributed by atoms with E-state index in [2.05, 4.69) is 51.5 Å². The van der Waals surface area contributed by atoms with Crippen LogP contribution in [0, 0.1) is 0 Å². The fourth-order valence-electron chi connectivity index (χ4n) is 4.73. The Kier molecular flexibility index (Phi) is 7.36. The van der Waals surface area contributed by atoms with E-state index in [1.54, 1.807) is 0 Å². The summed E-state index contributed by atoms with van der Waals surface area (Å²) in [5, 5.41) is 4.70. The second-order valence-electron chi connectivity index (χ2n) is 10.9. The Hall–Kier alpha value is -2.49. The molecule has 3 aromatic heterocycles. The van der Waals surface area contributed by atoms with Crippen molar-refractivity contribution in [2.24, 2.45) is 0 Å². The Bertz CT molecular complexity index is 1130. The van der Waals surface area contributed by atoms with Crippen molar-refractivity contribution in [1.82, 2.24) is 19.5 Å². The van der Waals surface area contributed by atoms with Crippen LogP contribution in [-0.2, 0) is 16.2 Å². The minimum atomic E-state index is -1.16. The lowest BCUT2D eigenvalue weighted by atomic mass is 10.1. The molecule has 0 atom stereocenters. The van der Waals surface area contributed by atoms with E-state index in [4.69, 9.17) is 19.4 Å². The number of rotatable bonds is 9. The van der Waals surface area contributed by atoms with Crippen molar-refractivity contribution in [3.63, 3.8) is 0 Å². The third-order valence-electron chi connectivity index (χ3n) is 6.87. The first-order chi connectivity index (χ1) is 17.0. The van der Waals surface area contributed by atoms with Crippen molar-refractivity contribution in [3.8, 4) is 11.4 Å². The average Bonchev–Trinajstić information content (AvgIpc) is 3.51. The summed E-state index contributed by atoms with van der Waals surface area (Å²) in [4.78, 5) is 16.5. The van der Waals surface area contributed by atoms with Crippen molar-refractivity contribution < 1.29 is 9.47 Å². The summed E-state index contributed by atoms with van der Waals surface area (Å²) in [5.74, 6) is 1.72. The normalized spacial score (nSPS) is 17.4. The minimum absolute atomic E-state index is 0.398. The third-order valence-corrected chi connectivity index (χ3v) is 8.57. The van der Waals surface area contributed by atoms with E-state index in [1.807, 2.05) is 18.5 Å².